The summed E-state index contributed by atoms with van der Waals surface area (Å²) in [6.07, 6.45) is 1.72. The topological polar surface area (TPSA) is 58.6 Å². The number of hydrogen-bond acceptors (Lipinski definition) is 5. The smallest absolute Gasteiger partial charge is 0.252 e. The molecule has 1 aromatic heterocycles. The van der Waals surface area contributed by atoms with E-state index >= 15 is 0 Å². The van der Waals surface area contributed by atoms with Crippen LogP contribution in [-0.2, 0) is 21.3 Å². The molecule has 0 aromatic carbocycles. The third-order valence-corrected chi connectivity index (χ3v) is 7.04. The molecule has 0 amide bonds. The molecule has 0 radical (unpaired) electrons. The van der Waals surface area contributed by atoms with Gasteiger partial charge in [0.15, 0.2) is 0 Å². The van der Waals surface area contributed by atoms with E-state index in [1.165, 1.54) is 11.3 Å². The van der Waals surface area contributed by atoms with Crippen LogP contribution in [-0.4, -0.2) is 45.1 Å². The second-order valence-corrected chi connectivity index (χ2v) is 8.72. The van der Waals surface area contributed by atoms with Crippen LogP contribution < -0.4 is 5.32 Å². The molecule has 0 atom stereocenters. The average Bonchev–Trinajstić information content (AvgIpc) is 2.95. The Balaban J connectivity index is 2.03. The Morgan fingerprint density at radius 2 is 2.10 bits per heavy atom. The van der Waals surface area contributed by atoms with E-state index in [0.29, 0.717) is 29.9 Å². The van der Waals surface area contributed by atoms with Crippen LogP contribution in [0.5, 0.6) is 0 Å². The summed E-state index contributed by atoms with van der Waals surface area (Å²) < 4.78 is 32.5. The lowest BCUT2D eigenvalue weighted by Gasteiger charge is -2.29. The third-order valence-electron chi connectivity index (χ3n) is 3.67. The van der Waals surface area contributed by atoms with Gasteiger partial charge in [-0.05, 0) is 29.9 Å². The second-order valence-electron chi connectivity index (χ2n) is 5.65. The molecule has 1 N–H and O–H groups in total. The molecule has 0 aliphatic carbocycles. The lowest BCUT2D eigenvalue weighted by Crippen LogP contribution is -2.40. The van der Waals surface area contributed by atoms with E-state index in [0.717, 1.165) is 18.4 Å². The number of piperidine rings is 1. The van der Waals surface area contributed by atoms with Gasteiger partial charge in [-0.1, -0.05) is 13.8 Å². The van der Waals surface area contributed by atoms with Crippen LogP contribution in [0.15, 0.2) is 15.7 Å². The van der Waals surface area contributed by atoms with E-state index in [1.807, 2.05) is 5.38 Å². The lowest BCUT2D eigenvalue weighted by atomic mass is 10.1. The highest BCUT2D eigenvalue weighted by Gasteiger charge is 2.30. The summed E-state index contributed by atoms with van der Waals surface area (Å²) in [4.78, 5) is 0. The van der Waals surface area contributed by atoms with Crippen LogP contribution in [0, 0.1) is 0 Å². The van der Waals surface area contributed by atoms with Crippen molar-refractivity contribution >= 4 is 21.4 Å². The molecule has 2 rings (SSSR count). The molecule has 21 heavy (non-hydrogen) atoms. The van der Waals surface area contributed by atoms with Crippen LogP contribution in [0.4, 0.5) is 0 Å². The van der Waals surface area contributed by atoms with Gasteiger partial charge < -0.3 is 10.1 Å². The van der Waals surface area contributed by atoms with E-state index in [1.54, 1.807) is 17.5 Å². The first-order chi connectivity index (χ1) is 9.93. The molecular weight excluding hydrogens is 308 g/mol. The van der Waals surface area contributed by atoms with Gasteiger partial charge in [0.25, 0.3) is 10.0 Å². The van der Waals surface area contributed by atoms with E-state index in [4.69, 9.17) is 4.74 Å². The number of rotatable bonds is 6. The monoisotopic (exact) mass is 332 g/mol. The van der Waals surface area contributed by atoms with Crippen molar-refractivity contribution in [2.24, 2.45) is 0 Å². The molecule has 1 saturated heterocycles. The summed E-state index contributed by atoms with van der Waals surface area (Å²) >= 11 is 1.31. The van der Waals surface area contributed by atoms with Crippen molar-refractivity contribution in [3.05, 3.63) is 17.0 Å². The number of thiophene rings is 1. The van der Waals surface area contributed by atoms with Crippen molar-refractivity contribution in [2.45, 2.75) is 49.6 Å². The van der Waals surface area contributed by atoms with Crippen molar-refractivity contribution in [1.29, 1.82) is 0 Å². The summed E-state index contributed by atoms with van der Waals surface area (Å²) in [6, 6.07) is 2.18. The maximum Gasteiger partial charge on any atom is 0.252 e. The van der Waals surface area contributed by atoms with Gasteiger partial charge in [0, 0.05) is 32.8 Å². The Morgan fingerprint density at radius 3 is 2.67 bits per heavy atom. The minimum Gasteiger partial charge on any atom is -0.381 e. The summed E-state index contributed by atoms with van der Waals surface area (Å²) in [5, 5.41) is 5.22. The summed E-state index contributed by atoms with van der Waals surface area (Å²) in [6.45, 7) is 5.93. The van der Waals surface area contributed by atoms with Crippen molar-refractivity contribution in [3.63, 3.8) is 0 Å². The number of ether oxygens (including phenoxy) is 1. The highest BCUT2D eigenvalue weighted by Crippen LogP contribution is 2.26. The first-order valence-corrected chi connectivity index (χ1v) is 9.59. The molecule has 1 fully saturated rings. The molecule has 0 bridgehead atoms. The Bertz CT molecular complexity index is 546. The minimum absolute atomic E-state index is 0.186. The molecule has 1 aliphatic rings. The molecule has 1 aliphatic heterocycles. The first kappa shape index (κ1) is 16.9. The molecular formula is C14H24N2O3S2. The van der Waals surface area contributed by atoms with Gasteiger partial charge in [0.1, 0.15) is 4.21 Å². The van der Waals surface area contributed by atoms with Gasteiger partial charge in [-0.3, -0.25) is 0 Å². The SMILES string of the molecule is COC1CCN(S(=O)(=O)c2cc(CNC(C)C)cs2)CC1. The van der Waals surface area contributed by atoms with Crippen LogP contribution in [0.1, 0.15) is 32.3 Å². The molecule has 5 nitrogen and oxygen atoms in total. The molecule has 120 valence electrons. The molecule has 0 spiro atoms. The normalized spacial score (nSPS) is 18.5. The fraction of sp³-hybridized carbons (Fsp3) is 0.714. The summed E-state index contributed by atoms with van der Waals surface area (Å²) in [5.41, 5.74) is 1.03. The number of hydrogen-bond donors (Lipinski definition) is 1. The number of nitrogens with zero attached hydrogens (tertiary/aromatic N) is 1. The van der Waals surface area contributed by atoms with Gasteiger partial charge >= 0.3 is 0 Å². The van der Waals surface area contributed by atoms with Crippen LogP contribution in [0.2, 0.25) is 0 Å². The fourth-order valence-electron chi connectivity index (χ4n) is 2.34. The van der Waals surface area contributed by atoms with Gasteiger partial charge in [-0.15, -0.1) is 11.3 Å². The molecule has 0 saturated carbocycles. The zero-order valence-corrected chi connectivity index (χ0v) is 14.5. The number of nitrogens with one attached hydrogen (secondary N) is 1. The second kappa shape index (κ2) is 7.19. The predicted octanol–water partition coefficient (Wildman–Crippen LogP) is 2.05. The highest BCUT2D eigenvalue weighted by molar-refractivity contribution is 7.91. The fourth-order valence-corrected chi connectivity index (χ4v) is 5.17. The van der Waals surface area contributed by atoms with E-state index in [-0.39, 0.29) is 6.10 Å². The Kier molecular flexibility index (Phi) is 5.79. The van der Waals surface area contributed by atoms with Crippen molar-refractivity contribution in [3.8, 4) is 0 Å². The van der Waals surface area contributed by atoms with E-state index in [9.17, 15) is 8.42 Å². The van der Waals surface area contributed by atoms with Crippen LogP contribution in [0.25, 0.3) is 0 Å². The standard InChI is InChI=1S/C14H24N2O3S2/c1-11(2)15-9-12-8-14(20-10-12)21(17,18)16-6-4-13(19-3)5-7-16/h8,10-11,13,15H,4-7,9H2,1-3H3. The van der Waals surface area contributed by atoms with Gasteiger partial charge in [-0.25, -0.2) is 8.42 Å². The highest BCUT2D eigenvalue weighted by atomic mass is 32.2. The van der Waals surface area contributed by atoms with E-state index < -0.39 is 10.0 Å². The Morgan fingerprint density at radius 1 is 1.43 bits per heavy atom. The molecule has 1 aromatic rings. The van der Waals surface area contributed by atoms with Gasteiger partial charge in [0.2, 0.25) is 0 Å². The predicted molar refractivity (Wildman–Crippen MR) is 85.1 cm³/mol. The minimum atomic E-state index is -3.34. The molecule has 7 heteroatoms. The van der Waals surface area contributed by atoms with Crippen LogP contribution >= 0.6 is 11.3 Å². The molecule has 0 unspecified atom stereocenters. The van der Waals surface area contributed by atoms with Crippen molar-refractivity contribution < 1.29 is 13.2 Å². The first-order valence-electron chi connectivity index (χ1n) is 7.27. The zero-order chi connectivity index (χ0) is 15.5. The largest absolute Gasteiger partial charge is 0.381 e. The zero-order valence-electron chi connectivity index (χ0n) is 12.8. The number of methoxy groups -OCH3 is 1. The summed E-state index contributed by atoms with van der Waals surface area (Å²) in [5.74, 6) is 0. The van der Waals surface area contributed by atoms with E-state index in [2.05, 4.69) is 19.2 Å². The maximum absolute atomic E-state index is 12.6. The Labute approximate surface area is 131 Å². The maximum atomic E-state index is 12.6. The van der Waals surface area contributed by atoms with Crippen molar-refractivity contribution in [1.82, 2.24) is 9.62 Å². The summed E-state index contributed by atoms with van der Waals surface area (Å²) in [7, 11) is -1.66. The van der Waals surface area contributed by atoms with Gasteiger partial charge in [0.05, 0.1) is 6.10 Å². The van der Waals surface area contributed by atoms with Gasteiger partial charge in [-0.2, -0.15) is 4.31 Å². The average molecular weight is 332 g/mol. The number of sulfonamides is 1. The molecule has 2 heterocycles. The quantitative estimate of drug-likeness (QED) is 0.866. The Hall–Kier alpha value is -0.470. The van der Waals surface area contributed by atoms with Crippen molar-refractivity contribution in [2.75, 3.05) is 20.2 Å². The third kappa shape index (κ3) is 4.26. The lowest BCUT2D eigenvalue weighted by molar-refractivity contribution is 0.0605. The van der Waals surface area contributed by atoms with Crippen LogP contribution in [0.3, 0.4) is 0 Å².